The van der Waals surface area contributed by atoms with Crippen molar-refractivity contribution in [2.24, 2.45) is 11.8 Å². The normalized spacial score (nSPS) is 32.3. The van der Waals surface area contributed by atoms with E-state index in [1.54, 1.807) is 6.92 Å². The lowest BCUT2D eigenvalue weighted by Crippen LogP contribution is -2.44. The van der Waals surface area contributed by atoms with Crippen molar-refractivity contribution in [1.82, 2.24) is 5.32 Å². The van der Waals surface area contributed by atoms with Gasteiger partial charge in [-0.3, -0.25) is 4.79 Å². The van der Waals surface area contributed by atoms with Crippen molar-refractivity contribution in [1.29, 1.82) is 0 Å². The van der Waals surface area contributed by atoms with Crippen LogP contribution in [0, 0.1) is 11.8 Å². The van der Waals surface area contributed by atoms with Crippen LogP contribution in [0.4, 0.5) is 0 Å². The molecule has 2 heteroatoms. The van der Waals surface area contributed by atoms with Crippen LogP contribution in [0.25, 0.3) is 0 Å². The second-order valence-electron chi connectivity index (χ2n) is 5.65. The molecule has 2 aliphatic carbocycles. The number of amides is 1. The Bertz CT molecular complexity index is 233. The zero-order valence-corrected chi connectivity index (χ0v) is 10.5. The first-order chi connectivity index (χ1) is 7.77. The number of carbonyl (C=O) groups is 1. The Hall–Kier alpha value is -0.530. The van der Waals surface area contributed by atoms with E-state index in [1.165, 1.54) is 57.8 Å². The maximum absolute atomic E-state index is 11.2. The molecule has 0 heterocycles. The Balaban J connectivity index is 1.94. The van der Waals surface area contributed by atoms with Gasteiger partial charge in [0.05, 0.1) is 0 Å². The summed E-state index contributed by atoms with van der Waals surface area (Å²) in [4.78, 5) is 11.2. The Kier molecular flexibility index (Phi) is 4.25. The minimum absolute atomic E-state index is 0.160. The van der Waals surface area contributed by atoms with Crippen LogP contribution in [-0.4, -0.2) is 11.9 Å². The molecule has 0 bridgehead atoms. The fourth-order valence-corrected chi connectivity index (χ4v) is 3.73. The lowest BCUT2D eigenvalue weighted by Gasteiger charge is -2.39. The van der Waals surface area contributed by atoms with Crippen molar-refractivity contribution >= 4 is 5.91 Å². The SMILES string of the molecule is CC(=O)NC1CCCCC1C1CCCCC1. The molecule has 2 fully saturated rings. The average molecular weight is 223 g/mol. The van der Waals surface area contributed by atoms with E-state index in [4.69, 9.17) is 0 Å². The van der Waals surface area contributed by atoms with Crippen LogP contribution in [0.1, 0.15) is 64.7 Å². The van der Waals surface area contributed by atoms with Gasteiger partial charge in [-0.1, -0.05) is 44.9 Å². The van der Waals surface area contributed by atoms with Gasteiger partial charge < -0.3 is 5.32 Å². The largest absolute Gasteiger partial charge is 0.353 e. The van der Waals surface area contributed by atoms with Crippen LogP contribution in [0.15, 0.2) is 0 Å². The number of hydrogen-bond acceptors (Lipinski definition) is 1. The van der Waals surface area contributed by atoms with Crippen molar-refractivity contribution in [3.8, 4) is 0 Å². The van der Waals surface area contributed by atoms with Crippen LogP contribution >= 0.6 is 0 Å². The Morgan fingerprint density at radius 3 is 2.25 bits per heavy atom. The maximum Gasteiger partial charge on any atom is 0.217 e. The molecule has 0 spiro atoms. The summed E-state index contributed by atoms with van der Waals surface area (Å²) < 4.78 is 0. The highest BCUT2D eigenvalue weighted by molar-refractivity contribution is 5.73. The number of rotatable bonds is 2. The molecule has 1 amide bonds. The van der Waals surface area contributed by atoms with Gasteiger partial charge in [0.1, 0.15) is 0 Å². The summed E-state index contributed by atoms with van der Waals surface area (Å²) in [6.45, 7) is 1.66. The van der Waals surface area contributed by atoms with E-state index in [2.05, 4.69) is 5.32 Å². The van der Waals surface area contributed by atoms with Crippen LogP contribution in [0.2, 0.25) is 0 Å². The van der Waals surface area contributed by atoms with Crippen LogP contribution < -0.4 is 5.32 Å². The van der Waals surface area contributed by atoms with E-state index < -0.39 is 0 Å². The van der Waals surface area contributed by atoms with Crippen LogP contribution in [0.5, 0.6) is 0 Å². The Morgan fingerprint density at radius 1 is 0.938 bits per heavy atom. The fraction of sp³-hybridized carbons (Fsp3) is 0.929. The van der Waals surface area contributed by atoms with Crippen molar-refractivity contribution in [3.63, 3.8) is 0 Å². The molecule has 2 nitrogen and oxygen atoms in total. The van der Waals surface area contributed by atoms with E-state index in [9.17, 15) is 4.79 Å². The molecular weight excluding hydrogens is 198 g/mol. The second-order valence-corrected chi connectivity index (χ2v) is 5.65. The molecule has 2 rings (SSSR count). The van der Waals surface area contributed by atoms with Gasteiger partial charge in [0.15, 0.2) is 0 Å². The number of nitrogens with one attached hydrogen (secondary N) is 1. The minimum Gasteiger partial charge on any atom is -0.353 e. The molecule has 1 N–H and O–H groups in total. The van der Waals surface area contributed by atoms with Gasteiger partial charge in [0, 0.05) is 13.0 Å². The van der Waals surface area contributed by atoms with Crippen LogP contribution in [0.3, 0.4) is 0 Å². The molecule has 2 aliphatic rings. The Labute approximate surface area is 99.2 Å². The quantitative estimate of drug-likeness (QED) is 0.765. The number of carbonyl (C=O) groups excluding carboxylic acids is 1. The summed E-state index contributed by atoms with van der Waals surface area (Å²) in [6.07, 6.45) is 12.3. The summed E-state index contributed by atoms with van der Waals surface area (Å²) in [5.41, 5.74) is 0. The lowest BCUT2D eigenvalue weighted by molar-refractivity contribution is -0.120. The van der Waals surface area contributed by atoms with Gasteiger partial charge in [-0.15, -0.1) is 0 Å². The van der Waals surface area contributed by atoms with Gasteiger partial charge in [-0.2, -0.15) is 0 Å². The Morgan fingerprint density at radius 2 is 1.56 bits per heavy atom. The topological polar surface area (TPSA) is 29.1 Å². The van der Waals surface area contributed by atoms with E-state index in [-0.39, 0.29) is 5.91 Å². The predicted molar refractivity (Wildman–Crippen MR) is 66.1 cm³/mol. The van der Waals surface area contributed by atoms with Gasteiger partial charge >= 0.3 is 0 Å². The molecule has 2 atom stereocenters. The highest BCUT2D eigenvalue weighted by Crippen LogP contribution is 2.38. The van der Waals surface area contributed by atoms with Crippen molar-refractivity contribution in [3.05, 3.63) is 0 Å². The standard InChI is InChI=1S/C14H25NO/c1-11(16)15-14-10-6-5-9-13(14)12-7-3-2-4-8-12/h12-14H,2-10H2,1H3,(H,15,16). The summed E-state index contributed by atoms with van der Waals surface area (Å²) in [7, 11) is 0. The summed E-state index contributed by atoms with van der Waals surface area (Å²) in [6, 6.07) is 0.481. The first-order valence-corrected chi connectivity index (χ1v) is 7.04. The first kappa shape index (κ1) is 11.9. The first-order valence-electron chi connectivity index (χ1n) is 7.04. The molecule has 0 aromatic carbocycles. The maximum atomic E-state index is 11.2. The highest BCUT2D eigenvalue weighted by Gasteiger charge is 2.32. The van der Waals surface area contributed by atoms with E-state index in [1.807, 2.05) is 0 Å². The van der Waals surface area contributed by atoms with E-state index in [0.717, 1.165) is 11.8 Å². The van der Waals surface area contributed by atoms with Crippen molar-refractivity contribution in [2.75, 3.05) is 0 Å². The van der Waals surface area contributed by atoms with E-state index >= 15 is 0 Å². The third-order valence-electron chi connectivity index (χ3n) is 4.46. The lowest BCUT2D eigenvalue weighted by atomic mass is 9.71. The highest BCUT2D eigenvalue weighted by atomic mass is 16.1. The molecule has 0 aromatic heterocycles. The molecule has 0 aromatic rings. The van der Waals surface area contributed by atoms with Crippen LogP contribution in [-0.2, 0) is 4.79 Å². The molecule has 92 valence electrons. The average Bonchev–Trinajstić information content (AvgIpc) is 2.30. The zero-order valence-electron chi connectivity index (χ0n) is 10.5. The third kappa shape index (κ3) is 2.99. The molecule has 0 saturated heterocycles. The van der Waals surface area contributed by atoms with Gasteiger partial charge in [0.2, 0.25) is 5.91 Å². The fourth-order valence-electron chi connectivity index (χ4n) is 3.73. The van der Waals surface area contributed by atoms with Crippen molar-refractivity contribution < 1.29 is 4.79 Å². The zero-order chi connectivity index (χ0) is 11.4. The van der Waals surface area contributed by atoms with Gasteiger partial charge in [0.25, 0.3) is 0 Å². The number of hydrogen-bond donors (Lipinski definition) is 1. The molecule has 2 unspecified atom stereocenters. The molecule has 16 heavy (non-hydrogen) atoms. The summed E-state index contributed by atoms with van der Waals surface area (Å²) >= 11 is 0. The molecular formula is C14H25NO. The smallest absolute Gasteiger partial charge is 0.217 e. The second kappa shape index (κ2) is 5.70. The van der Waals surface area contributed by atoms with E-state index in [0.29, 0.717) is 6.04 Å². The minimum atomic E-state index is 0.160. The summed E-state index contributed by atoms with van der Waals surface area (Å²) in [5, 5.41) is 3.19. The predicted octanol–water partition coefficient (Wildman–Crippen LogP) is 3.26. The summed E-state index contributed by atoms with van der Waals surface area (Å²) in [5.74, 6) is 1.83. The molecule has 0 radical (unpaired) electrons. The molecule has 0 aliphatic heterocycles. The van der Waals surface area contributed by atoms with Gasteiger partial charge in [-0.05, 0) is 24.7 Å². The molecule has 2 saturated carbocycles. The monoisotopic (exact) mass is 223 g/mol. The van der Waals surface area contributed by atoms with Gasteiger partial charge in [-0.25, -0.2) is 0 Å². The third-order valence-corrected chi connectivity index (χ3v) is 4.46. The van der Waals surface area contributed by atoms with Crippen molar-refractivity contribution in [2.45, 2.75) is 70.8 Å².